The Morgan fingerprint density at radius 1 is 1.42 bits per heavy atom. The Balaban J connectivity index is 2.06. The van der Waals surface area contributed by atoms with Crippen LogP contribution in [0.3, 0.4) is 0 Å². The minimum absolute atomic E-state index is 0.437. The van der Waals surface area contributed by atoms with E-state index in [0.717, 1.165) is 23.9 Å². The maximum atomic E-state index is 9.29. The topological polar surface area (TPSA) is 73.3 Å². The second-order valence-electron chi connectivity index (χ2n) is 5.15. The van der Waals surface area contributed by atoms with Gasteiger partial charge in [-0.3, -0.25) is 0 Å². The van der Waals surface area contributed by atoms with Gasteiger partial charge < -0.3 is 20.1 Å². The monoisotopic (exact) mass is 261 g/mol. The first kappa shape index (κ1) is 12.3. The van der Waals surface area contributed by atoms with Gasteiger partial charge >= 0.3 is 0 Å². The van der Waals surface area contributed by atoms with Gasteiger partial charge in [-0.25, -0.2) is 4.98 Å². The maximum absolute atomic E-state index is 9.29. The number of aromatic nitrogens is 2. The number of aliphatic hydroxyl groups is 1. The molecule has 2 aromatic rings. The van der Waals surface area contributed by atoms with E-state index in [0.29, 0.717) is 17.7 Å². The normalized spacial score (nSPS) is 18.0. The van der Waals surface area contributed by atoms with Crippen LogP contribution >= 0.6 is 0 Å². The van der Waals surface area contributed by atoms with Crippen molar-refractivity contribution in [2.45, 2.75) is 44.9 Å². The van der Waals surface area contributed by atoms with Crippen LogP contribution in [0.5, 0.6) is 5.75 Å². The van der Waals surface area contributed by atoms with Gasteiger partial charge in [0.05, 0.1) is 11.0 Å². The average Bonchev–Trinajstić information content (AvgIpc) is 2.94. The molecule has 0 bridgehead atoms. The summed E-state index contributed by atoms with van der Waals surface area (Å²) in [5, 5.41) is 9.29. The third-order valence-corrected chi connectivity index (χ3v) is 3.68. The molecular formula is C14H19N3O2. The molecule has 1 heterocycles. The van der Waals surface area contributed by atoms with E-state index in [4.69, 9.17) is 10.5 Å². The highest BCUT2D eigenvalue weighted by Crippen LogP contribution is 2.35. The Kier molecular flexibility index (Phi) is 3.06. The number of hydrogen-bond acceptors (Lipinski definition) is 4. The van der Waals surface area contributed by atoms with Gasteiger partial charge in [0.25, 0.3) is 0 Å². The second-order valence-corrected chi connectivity index (χ2v) is 5.15. The van der Waals surface area contributed by atoms with E-state index in [1.807, 2.05) is 12.1 Å². The molecule has 0 amide bonds. The van der Waals surface area contributed by atoms with E-state index in [1.165, 1.54) is 12.8 Å². The van der Waals surface area contributed by atoms with Crippen molar-refractivity contribution in [1.82, 2.24) is 9.55 Å². The summed E-state index contributed by atoms with van der Waals surface area (Å²) >= 11 is 0. The smallest absolute Gasteiger partial charge is 0.201 e. The Hall–Kier alpha value is -1.75. The van der Waals surface area contributed by atoms with Crippen LogP contribution in [0.1, 0.15) is 38.6 Å². The predicted octanol–water partition coefficient (Wildman–Crippen LogP) is 2.45. The number of nitrogens with two attached hydrogens (primary N) is 1. The zero-order chi connectivity index (χ0) is 13.4. The van der Waals surface area contributed by atoms with Crippen LogP contribution in [-0.4, -0.2) is 20.9 Å². The molecular weight excluding hydrogens is 242 g/mol. The van der Waals surface area contributed by atoms with Crippen LogP contribution in [-0.2, 0) is 0 Å². The van der Waals surface area contributed by atoms with Crippen LogP contribution < -0.4 is 10.5 Å². The summed E-state index contributed by atoms with van der Waals surface area (Å²) in [6, 6.07) is 6.03. The van der Waals surface area contributed by atoms with Crippen molar-refractivity contribution < 1.29 is 9.84 Å². The molecule has 1 aromatic carbocycles. The SMILES string of the molecule is CC(O)Oc1ccc2nc(N)n(C3CCCC3)c2c1. The summed E-state index contributed by atoms with van der Waals surface area (Å²) in [5.74, 6) is 1.21. The molecule has 1 aliphatic rings. The third kappa shape index (κ3) is 2.26. The molecule has 0 spiro atoms. The summed E-state index contributed by atoms with van der Waals surface area (Å²) in [6.45, 7) is 1.59. The van der Waals surface area contributed by atoms with Crippen molar-refractivity contribution >= 4 is 17.0 Å². The number of ether oxygens (including phenoxy) is 1. The standard InChI is InChI=1S/C14H19N3O2/c1-9(18)19-11-6-7-12-13(8-11)17(14(15)16-12)10-4-2-3-5-10/h6-10,18H,2-5H2,1H3,(H2,15,16). The minimum Gasteiger partial charge on any atom is -0.465 e. The Morgan fingerprint density at radius 3 is 2.84 bits per heavy atom. The minimum atomic E-state index is -0.822. The van der Waals surface area contributed by atoms with Gasteiger partial charge in [-0.05, 0) is 31.9 Å². The number of hydrogen-bond donors (Lipinski definition) is 2. The molecule has 1 saturated carbocycles. The number of rotatable bonds is 3. The average molecular weight is 261 g/mol. The Morgan fingerprint density at radius 2 is 2.16 bits per heavy atom. The van der Waals surface area contributed by atoms with Crippen molar-refractivity contribution in [1.29, 1.82) is 0 Å². The van der Waals surface area contributed by atoms with Crippen molar-refractivity contribution in [3.8, 4) is 5.75 Å². The number of anilines is 1. The highest BCUT2D eigenvalue weighted by Gasteiger charge is 2.21. The first-order valence-corrected chi connectivity index (χ1v) is 6.77. The molecule has 0 radical (unpaired) electrons. The summed E-state index contributed by atoms with van der Waals surface area (Å²) < 4.78 is 7.43. The summed E-state index contributed by atoms with van der Waals surface area (Å²) in [6.07, 6.45) is 3.97. The van der Waals surface area contributed by atoms with Crippen LogP contribution in [0.25, 0.3) is 11.0 Å². The molecule has 1 fully saturated rings. The Labute approximate surface area is 112 Å². The third-order valence-electron chi connectivity index (χ3n) is 3.68. The van der Waals surface area contributed by atoms with Gasteiger partial charge in [-0.1, -0.05) is 12.8 Å². The second kappa shape index (κ2) is 4.74. The Bertz CT molecular complexity index is 586. The van der Waals surface area contributed by atoms with Gasteiger partial charge in [-0.2, -0.15) is 0 Å². The van der Waals surface area contributed by atoms with Crippen LogP contribution in [0, 0.1) is 0 Å². The van der Waals surface area contributed by atoms with Gasteiger partial charge in [0.2, 0.25) is 5.95 Å². The van der Waals surface area contributed by atoms with E-state index < -0.39 is 6.29 Å². The lowest BCUT2D eigenvalue weighted by Crippen LogP contribution is -2.10. The number of imidazole rings is 1. The number of nitrogens with zero attached hydrogens (tertiary/aromatic N) is 2. The van der Waals surface area contributed by atoms with E-state index >= 15 is 0 Å². The number of fused-ring (bicyclic) bond motifs is 1. The molecule has 5 heteroatoms. The first-order valence-electron chi connectivity index (χ1n) is 6.77. The molecule has 1 unspecified atom stereocenters. The maximum Gasteiger partial charge on any atom is 0.201 e. The van der Waals surface area contributed by atoms with E-state index in [-0.39, 0.29) is 0 Å². The number of nitrogen functional groups attached to an aromatic ring is 1. The lowest BCUT2D eigenvalue weighted by Gasteiger charge is -2.15. The fourth-order valence-corrected chi connectivity index (χ4v) is 2.91. The molecule has 19 heavy (non-hydrogen) atoms. The summed E-state index contributed by atoms with van der Waals surface area (Å²) in [4.78, 5) is 4.40. The first-order chi connectivity index (χ1) is 9.15. The van der Waals surface area contributed by atoms with Crippen LogP contribution in [0.2, 0.25) is 0 Å². The van der Waals surface area contributed by atoms with Crippen LogP contribution in [0.15, 0.2) is 18.2 Å². The fourth-order valence-electron chi connectivity index (χ4n) is 2.91. The van der Waals surface area contributed by atoms with Crippen molar-refractivity contribution in [2.75, 3.05) is 5.73 Å². The van der Waals surface area contributed by atoms with Crippen molar-refractivity contribution in [3.05, 3.63) is 18.2 Å². The largest absolute Gasteiger partial charge is 0.465 e. The molecule has 102 valence electrons. The van der Waals surface area contributed by atoms with Gasteiger partial charge in [0.1, 0.15) is 5.75 Å². The van der Waals surface area contributed by atoms with Gasteiger partial charge in [-0.15, -0.1) is 0 Å². The summed E-state index contributed by atoms with van der Waals surface area (Å²) in [5.41, 5.74) is 7.91. The molecule has 0 aliphatic heterocycles. The fraction of sp³-hybridized carbons (Fsp3) is 0.500. The number of benzene rings is 1. The molecule has 1 aromatic heterocycles. The van der Waals surface area contributed by atoms with E-state index in [2.05, 4.69) is 9.55 Å². The van der Waals surface area contributed by atoms with Crippen molar-refractivity contribution in [2.24, 2.45) is 0 Å². The van der Waals surface area contributed by atoms with Crippen LogP contribution in [0.4, 0.5) is 5.95 Å². The zero-order valence-electron chi connectivity index (χ0n) is 11.0. The molecule has 3 N–H and O–H groups in total. The molecule has 1 aliphatic carbocycles. The highest BCUT2D eigenvalue weighted by molar-refractivity contribution is 5.80. The molecule has 5 nitrogen and oxygen atoms in total. The quantitative estimate of drug-likeness (QED) is 0.832. The lowest BCUT2D eigenvalue weighted by atomic mass is 10.2. The van der Waals surface area contributed by atoms with Gasteiger partial charge in [0.15, 0.2) is 6.29 Å². The number of aliphatic hydroxyl groups excluding tert-OH is 1. The molecule has 3 rings (SSSR count). The zero-order valence-corrected chi connectivity index (χ0v) is 11.0. The van der Waals surface area contributed by atoms with Gasteiger partial charge in [0, 0.05) is 12.1 Å². The molecule has 0 saturated heterocycles. The lowest BCUT2D eigenvalue weighted by molar-refractivity contribution is -0.000203. The summed E-state index contributed by atoms with van der Waals surface area (Å²) in [7, 11) is 0. The molecule has 1 atom stereocenters. The highest BCUT2D eigenvalue weighted by atomic mass is 16.6. The van der Waals surface area contributed by atoms with E-state index in [9.17, 15) is 5.11 Å². The van der Waals surface area contributed by atoms with Crippen molar-refractivity contribution in [3.63, 3.8) is 0 Å². The predicted molar refractivity (Wildman–Crippen MR) is 74.0 cm³/mol. The van der Waals surface area contributed by atoms with E-state index in [1.54, 1.807) is 13.0 Å².